The third kappa shape index (κ3) is 2.84. The van der Waals surface area contributed by atoms with Crippen molar-refractivity contribution in [3.8, 4) is 5.95 Å². The van der Waals surface area contributed by atoms with E-state index in [-0.39, 0.29) is 5.75 Å². The molecule has 1 fully saturated rings. The minimum Gasteiger partial charge on any atom is -0.308 e. The van der Waals surface area contributed by atoms with Crippen LogP contribution in [0, 0.1) is 6.57 Å². The van der Waals surface area contributed by atoms with Gasteiger partial charge in [-0.25, -0.2) is 23.2 Å². The molecule has 2 aromatic heterocycles. The Morgan fingerprint density at radius 1 is 1.14 bits per heavy atom. The Morgan fingerprint density at radius 2 is 1.96 bits per heavy atom. The first-order valence-corrected chi connectivity index (χ1v) is 11.0. The lowest BCUT2D eigenvalue weighted by Gasteiger charge is -2.09. The van der Waals surface area contributed by atoms with Crippen LogP contribution in [0.25, 0.3) is 32.9 Å². The number of benzene rings is 2. The van der Waals surface area contributed by atoms with E-state index in [9.17, 15) is 8.42 Å². The maximum absolute atomic E-state index is 11.6. The fourth-order valence-corrected chi connectivity index (χ4v) is 4.40. The second-order valence-electron chi connectivity index (χ2n) is 7.31. The number of aromatic nitrogens is 4. The summed E-state index contributed by atoms with van der Waals surface area (Å²) >= 11 is 0. The highest BCUT2D eigenvalue weighted by Crippen LogP contribution is 2.40. The molecular weight excluding hydrogens is 374 g/mol. The van der Waals surface area contributed by atoms with Crippen molar-refractivity contribution < 1.29 is 8.42 Å². The molecule has 0 saturated heterocycles. The molecule has 8 heteroatoms. The van der Waals surface area contributed by atoms with Gasteiger partial charge in [0.15, 0.2) is 15.5 Å². The maximum atomic E-state index is 11.6. The predicted molar refractivity (Wildman–Crippen MR) is 107 cm³/mol. The summed E-state index contributed by atoms with van der Waals surface area (Å²) in [6.07, 6.45) is 5.13. The van der Waals surface area contributed by atoms with Crippen molar-refractivity contribution in [1.29, 1.82) is 0 Å². The lowest BCUT2D eigenvalue weighted by Crippen LogP contribution is -2.05. The molecule has 0 amide bonds. The molecule has 0 atom stereocenters. The van der Waals surface area contributed by atoms with Crippen LogP contribution in [0.2, 0.25) is 0 Å². The zero-order valence-electron chi connectivity index (χ0n) is 15.2. The molecule has 1 aliphatic carbocycles. The normalized spacial score (nSPS) is 14.6. The third-order valence-corrected chi connectivity index (χ3v) is 5.81. The molecule has 2 heterocycles. The first-order valence-electron chi connectivity index (χ1n) is 8.96. The van der Waals surface area contributed by atoms with Gasteiger partial charge in [0.05, 0.1) is 34.4 Å². The van der Waals surface area contributed by atoms with Crippen molar-refractivity contribution >= 4 is 37.6 Å². The molecule has 1 saturated carbocycles. The fraction of sp³-hybridized carbons (Fsp3) is 0.250. The Balaban J connectivity index is 1.69. The van der Waals surface area contributed by atoms with Crippen LogP contribution in [0.1, 0.15) is 24.4 Å². The number of imidazole rings is 2. The molecule has 0 N–H and O–H groups in total. The summed E-state index contributed by atoms with van der Waals surface area (Å²) in [6.45, 7) is 7.29. The van der Waals surface area contributed by atoms with Crippen LogP contribution in [0.3, 0.4) is 0 Å². The lowest BCUT2D eigenvalue weighted by molar-refractivity contribution is 0.601. The van der Waals surface area contributed by atoms with Gasteiger partial charge < -0.3 is 4.57 Å². The lowest BCUT2D eigenvalue weighted by atomic mass is 10.2. The van der Waals surface area contributed by atoms with Crippen molar-refractivity contribution in [3.63, 3.8) is 0 Å². The van der Waals surface area contributed by atoms with Gasteiger partial charge in [0.2, 0.25) is 5.95 Å². The van der Waals surface area contributed by atoms with E-state index in [0.29, 0.717) is 11.7 Å². The molecule has 5 rings (SSSR count). The number of hydrogen-bond donors (Lipinski definition) is 0. The van der Waals surface area contributed by atoms with Crippen molar-refractivity contribution in [2.24, 2.45) is 0 Å². The van der Waals surface area contributed by atoms with Crippen molar-refractivity contribution in [3.05, 3.63) is 59.7 Å². The summed E-state index contributed by atoms with van der Waals surface area (Å²) in [6, 6.07) is 11.5. The zero-order valence-corrected chi connectivity index (χ0v) is 16.0. The molecule has 0 radical (unpaired) electrons. The number of hydrogen-bond acceptors (Lipinski definition) is 4. The van der Waals surface area contributed by atoms with E-state index < -0.39 is 9.84 Å². The SMILES string of the molecule is [C-]#[N+]c1ccc2nc(-n3cnc4cc(CS(C)(=O)=O)ccc43)n(C3CC3)c2c1. The average Bonchev–Trinajstić information content (AvgIpc) is 3.29. The first-order chi connectivity index (χ1) is 13.4. The van der Waals surface area contributed by atoms with E-state index in [0.717, 1.165) is 46.4 Å². The Hall–Kier alpha value is -3.18. The first kappa shape index (κ1) is 17.0. The largest absolute Gasteiger partial charge is 0.308 e. The van der Waals surface area contributed by atoms with E-state index >= 15 is 0 Å². The molecule has 0 aliphatic heterocycles. The summed E-state index contributed by atoms with van der Waals surface area (Å²) in [5, 5.41) is 0. The number of rotatable bonds is 4. The number of sulfone groups is 1. The predicted octanol–water partition coefficient (Wildman–Crippen LogP) is 3.81. The monoisotopic (exact) mass is 391 g/mol. The summed E-state index contributed by atoms with van der Waals surface area (Å²) in [5.41, 5.74) is 4.74. The van der Waals surface area contributed by atoms with Gasteiger partial charge in [-0.05, 0) is 42.7 Å². The van der Waals surface area contributed by atoms with Gasteiger partial charge in [-0.15, -0.1) is 0 Å². The molecule has 2 aromatic carbocycles. The van der Waals surface area contributed by atoms with E-state index in [4.69, 9.17) is 11.6 Å². The molecule has 0 bridgehead atoms. The van der Waals surface area contributed by atoms with Gasteiger partial charge in [0, 0.05) is 12.3 Å². The summed E-state index contributed by atoms with van der Waals surface area (Å²) < 4.78 is 27.3. The van der Waals surface area contributed by atoms with Crippen LogP contribution in [0.4, 0.5) is 5.69 Å². The van der Waals surface area contributed by atoms with Crippen LogP contribution in [-0.4, -0.2) is 33.8 Å². The Bertz CT molecular complexity index is 1390. The molecule has 4 aromatic rings. The van der Waals surface area contributed by atoms with Crippen LogP contribution in [-0.2, 0) is 15.6 Å². The van der Waals surface area contributed by atoms with Crippen molar-refractivity contribution in [2.45, 2.75) is 24.6 Å². The third-order valence-electron chi connectivity index (χ3n) is 4.95. The van der Waals surface area contributed by atoms with E-state index in [1.54, 1.807) is 12.4 Å². The van der Waals surface area contributed by atoms with Crippen molar-refractivity contribution in [2.75, 3.05) is 6.26 Å². The highest BCUT2D eigenvalue weighted by molar-refractivity contribution is 7.89. The smallest absolute Gasteiger partial charge is 0.216 e. The number of fused-ring (bicyclic) bond motifs is 2. The number of nitrogens with zero attached hydrogens (tertiary/aromatic N) is 5. The Labute approximate surface area is 162 Å². The van der Waals surface area contributed by atoms with Crippen LogP contribution < -0.4 is 0 Å². The van der Waals surface area contributed by atoms with Gasteiger partial charge in [-0.3, -0.25) is 4.57 Å². The van der Waals surface area contributed by atoms with E-state index in [1.807, 2.05) is 34.9 Å². The molecule has 7 nitrogen and oxygen atoms in total. The minimum absolute atomic E-state index is 0.00418. The van der Waals surface area contributed by atoms with E-state index in [1.165, 1.54) is 6.26 Å². The highest BCUT2D eigenvalue weighted by Gasteiger charge is 2.29. The minimum atomic E-state index is -3.10. The van der Waals surface area contributed by atoms with Gasteiger partial charge in [-0.2, -0.15) is 0 Å². The van der Waals surface area contributed by atoms with Crippen molar-refractivity contribution in [1.82, 2.24) is 19.1 Å². The highest BCUT2D eigenvalue weighted by atomic mass is 32.2. The molecule has 1 aliphatic rings. The fourth-order valence-electron chi connectivity index (χ4n) is 3.61. The quantitative estimate of drug-likeness (QED) is 0.496. The Morgan fingerprint density at radius 3 is 2.68 bits per heavy atom. The van der Waals surface area contributed by atoms with Gasteiger partial charge in [0.25, 0.3) is 0 Å². The molecule has 28 heavy (non-hydrogen) atoms. The van der Waals surface area contributed by atoms with Gasteiger partial charge in [-0.1, -0.05) is 12.1 Å². The second-order valence-corrected chi connectivity index (χ2v) is 9.45. The zero-order chi connectivity index (χ0) is 19.5. The van der Waals surface area contributed by atoms with Crippen LogP contribution in [0.15, 0.2) is 42.7 Å². The summed E-state index contributed by atoms with van der Waals surface area (Å²) in [4.78, 5) is 12.8. The Kier molecular flexibility index (Phi) is 3.58. The standard InChI is InChI=1S/C20H17N5O2S/c1-21-14-4-7-16-19(10-14)25(15-5-6-15)20(23-16)24-12-22-17-9-13(3-8-18(17)24)11-28(2,26)27/h3-4,7-10,12,15H,5-6,11H2,2H3. The average molecular weight is 391 g/mol. The van der Waals surface area contributed by atoms with Gasteiger partial charge >= 0.3 is 0 Å². The maximum Gasteiger partial charge on any atom is 0.216 e. The van der Waals surface area contributed by atoms with Crippen LogP contribution >= 0.6 is 0 Å². The molecule has 140 valence electrons. The van der Waals surface area contributed by atoms with Crippen LogP contribution in [0.5, 0.6) is 0 Å². The topological polar surface area (TPSA) is 74.1 Å². The molecule has 0 unspecified atom stereocenters. The molecular formula is C20H17N5O2S. The molecule has 0 spiro atoms. The van der Waals surface area contributed by atoms with Gasteiger partial charge in [0.1, 0.15) is 6.33 Å². The summed E-state index contributed by atoms with van der Waals surface area (Å²) in [5.74, 6) is 0.772. The second kappa shape index (κ2) is 5.91. The van der Waals surface area contributed by atoms with E-state index in [2.05, 4.69) is 14.4 Å². The summed E-state index contributed by atoms with van der Waals surface area (Å²) in [7, 11) is -3.10.